The fourth-order valence-electron chi connectivity index (χ4n) is 1.26. The second kappa shape index (κ2) is 4.65. The molecule has 0 aliphatic carbocycles. The van der Waals surface area contributed by atoms with Crippen LogP contribution >= 0.6 is 0 Å². The Morgan fingerprint density at radius 3 is 2.77 bits per heavy atom. The summed E-state index contributed by atoms with van der Waals surface area (Å²) in [5, 5.41) is 4.21. The molecule has 0 aliphatic rings. The van der Waals surface area contributed by atoms with Crippen LogP contribution in [0.4, 0.5) is 0 Å². The van der Waals surface area contributed by atoms with Gasteiger partial charge in [-0.2, -0.15) is 5.10 Å². The van der Waals surface area contributed by atoms with E-state index in [0.717, 1.165) is 6.42 Å². The molecule has 0 amide bonds. The Hall–Kier alpha value is -1.31. The van der Waals surface area contributed by atoms with E-state index in [1.807, 2.05) is 42.9 Å². The molecule has 0 saturated carbocycles. The monoisotopic (exact) mass is 176 g/mol. The third kappa shape index (κ3) is 1.89. The highest BCUT2D eigenvalue weighted by Gasteiger charge is 1.98. The first kappa shape index (κ1) is 9.78. The van der Waals surface area contributed by atoms with Crippen molar-refractivity contribution in [3.8, 4) is 0 Å². The van der Waals surface area contributed by atoms with Gasteiger partial charge in [-0.25, -0.2) is 4.52 Å². The first-order valence-electron chi connectivity index (χ1n) is 4.83. The lowest BCUT2D eigenvalue weighted by Crippen LogP contribution is -1.83. The summed E-state index contributed by atoms with van der Waals surface area (Å²) in [6.45, 7) is 6.14. The maximum Gasteiger partial charge on any atom is 0.0693 e. The van der Waals surface area contributed by atoms with E-state index in [1.54, 1.807) is 0 Å². The predicted octanol–water partition coefficient (Wildman–Crippen LogP) is 2.92. The third-order valence-corrected chi connectivity index (χ3v) is 1.89. The molecule has 0 atom stereocenters. The first-order valence-corrected chi connectivity index (χ1v) is 4.83. The molecular weight excluding hydrogens is 160 g/mol. The zero-order chi connectivity index (χ0) is 9.68. The second-order valence-corrected chi connectivity index (χ2v) is 2.55. The van der Waals surface area contributed by atoms with Crippen LogP contribution in [0.25, 0.3) is 5.52 Å². The van der Waals surface area contributed by atoms with Crippen LogP contribution in [-0.4, -0.2) is 9.61 Å². The number of pyridine rings is 1. The molecule has 0 aliphatic heterocycles. The number of hydrogen-bond donors (Lipinski definition) is 0. The van der Waals surface area contributed by atoms with Crippen molar-refractivity contribution < 1.29 is 0 Å². The van der Waals surface area contributed by atoms with Crippen LogP contribution < -0.4 is 0 Å². The molecule has 2 heteroatoms. The summed E-state index contributed by atoms with van der Waals surface area (Å²) >= 11 is 0. The van der Waals surface area contributed by atoms with Crippen molar-refractivity contribution in [1.82, 2.24) is 9.61 Å². The molecule has 0 fully saturated rings. The predicted molar refractivity (Wildman–Crippen MR) is 55.9 cm³/mol. The lowest BCUT2D eigenvalue weighted by atomic mass is 10.2. The SMILES string of the molecule is CC.CCc1cnn2ccccc12. The van der Waals surface area contributed by atoms with Gasteiger partial charge in [-0.3, -0.25) is 0 Å². The van der Waals surface area contributed by atoms with Crippen molar-refractivity contribution in [1.29, 1.82) is 0 Å². The van der Waals surface area contributed by atoms with Gasteiger partial charge in [0.2, 0.25) is 0 Å². The minimum absolute atomic E-state index is 1.05. The molecule has 0 bridgehead atoms. The molecule has 0 radical (unpaired) electrons. The Labute approximate surface area is 79.2 Å². The van der Waals surface area contributed by atoms with Gasteiger partial charge in [0, 0.05) is 6.20 Å². The maximum absolute atomic E-state index is 4.21. The van der Waals surface area contributed by atoms with Gasteiger partial charge < -0.3 is 0 Å². The summed E-state index contributed by atoms with van der Waals surface area (Å²) in [4.78, 5) is 0. The minimum atomic E-state index is 1.05. The van der Waals surface area contributed by atoms with E-state index in [2.05, 4.69) is 18.1 Å². The van der Waals surface area contributed by atoms with Crippen LogP contribution in [0.15, 0.2) is 30.6 Å². The highest BCUT2D eigenvalue weighted by molar-refractivity contribution is 5.53. The molecule has 70 valence electrons. The number of aryl methyl sites for hydroxylation is 1. The van der Waals surface area contributed by atoms with Gasteiger partial charge >= 0.3 is 0 Å². The van der Waals surface area contributed by atoms with Crippen molar-refractivity contribution in [2.45, 2.75) is 27.2 Å². The minimum Gasteiger partial charge on any atom is -0.241 e. The standard InChI is InChI=1S/C9H10N2.C2H6/c1-2-8-7-10-11-6-4-3-5-9(8)11;1-2/h3-7H,2H2,1H3;1-2H3. The van der Waals surface area contributed by atoms with Gasteiger partial charge in [-0.15, -0.1) is 0 Å². The normalized spacial score (nSPS) is 9.46. The topological polar surface area (TPSA) is 17.3 Å². The summed E-state index contributed by atoms with van der Waals surface area (Å²) in [6.07, 6.45) is 4.94. The van der Waals surface area contributed by atoms with E-state index in [4.69, 9.17) is 0 Å². The van der Waals surface area contributed by atoms with Crippen molar-refractivity contribution in [3.05, 3.63) is 36.2 Å². The van der Waals surface area contributed by atoms with E-state index >= 15 is 0 Å². The van der Waals surface area contributed by atoms with Crippen LogP contribution in [0, 0.1) is 0 Å². The van der Waals surface area contributed by atoms with Crippen LogP contribution in [-0.2, 0) is 6.42 Å². The molecule has 2 rings (SSSR count). The lowest BCUT2D eigenvalue weighted by molar-refractivity contribution is 0.961. The maximum atomic E-state index is 4.21. The molecule has 0 unspecified atom stereocenters. The highest BCUT2D eigenvalue weighted by atomic mass is 15.2. The zero-order valence-electron chi connectivity index (χ0n) is 8.49. The molecule has 0 N–H and O–H groups in total. The largest absolute Gasteiger partial charge is 0.241 e. The smallest absolute Gasteiger partial charge is 0.0693 e. The van der Waals surface area contributed by atoms with Gasteiger partial charge in [0.05, 0.1) is 11.7 Å². The van der Waals surface area contributed by atoms with Crippen molar-refractivity contribution in [2.24, 2.45) is 0 Å². The van der Waals surface area contributed by atoms with E-state index in [1.165, 1.54) is 11.1 Å². The Balaban J connectivity index is 0.000000396. The average Bonchev–Trinajstić information content (AvgIpc) is 2.64. The fraction of sp³-hybridized carbons (Fsp3) is 0.364. The molecule has 13 heavy (non-hydrogen) atoms. The van der Waals surface area contributed by atoms with E-state index in [0.29, 0.717) is 0 Å². The Bertz CT molecular complexity index is 363. The van der Waals surface area contributed by atoms with Gasteiger partial charge in [0.15, 0.2) is 0 Å². The quantitative estimate of drug-likeness (QED) is 0.653. The van der Waals surface area contributed by atoms with Gasteiger partial charge in [-0.05, 0) is 24.1 Å². The summed E-state index contributed by atoms with van der Waals surface area (Å²) in [6, 6.07) is 6.11. The van der Waals surface area contributed by atoms with Crippen LogP contribution in [0.5, 0.6) is 0 Å². The molecule has 2 aromatic heterocycles. The third-order valence-electron chi connectivity index (χ3n) is 1.89. The van der Waals surface area contributed by atoms with Gasteiger partial charge in [0.25, 0.3) is 0 Å². The van der Waals surface area contributed by atoms with Crippen molar-refractivity contribution in [3.63, 3.8) is 0 Å². The van der Waals surface area contributed by atoms with Crippen LogP contribution in [0.1, 0.15) is 26.3 Å². The summed E-state index contributed by atoms with van der Waals surface area (Å²) in [7, 11) is 0. The molecule has 0 spiro atoms. The van der Waals surface area contributed by atoms with E-state index < -0.39 is 0 Å². The molecular formula is C11H16N2. The van der Waals surface area contributed by atoms with Crippen LogP contribution in [0.2, 0.25) is 0 Å². The van der Waals surface area contributed by atoms with Crippen molar-refractivity contribution in [2.75, 3.05) is 0 Å². The fourth-order valence-corrected chi connectivity index (χ4v) is 1.26. The molecule has 0 saturated heterocycles. The van der Waals surface area contributed by atoms with E-state index in [9.17, 15) is 0 Å². The number of fused-ring (bicyclic) bond motifs is 1. The lowest BCUT2D eigenvalue weighted by Gasteiger charge is -1.92. The van der Waals surface area contributed by atoms with Crippen molar-refractivity contribution >= 4 is 5.52 Å². The summed E-state index contributed by atoms with van der Waals surface area (Å²) in [5.74, 6) is 0. The highest BCUT2D eigenvalue weighted by Crippen LogP contribution is 2.09. The number of nitrogens with zero attached hydrogens (tertiary/aromatic N) is 2. The van der Waals surface area contributed by atoms with Gasteiger partial charge in [-0.1, -0.05) is 26.8 Å². The first-order chi connectivity index (χ1) is 6.42. The number of aromatic nitrogens is 2. The molecule has 2 aromatic rings. The average molecular weight is 176 g/mol. The summed E-state index contributed by atoms with van der Waals surface area (Å²) in [5.41, 5.74) is 2.53. The van der Waals surface area contributed by atoms with Gasteiger partial charge in [0.1, 0.15) is 0 Å². The molecule has 2 heterocycles. The Kier molecular flexibility index (Phi) is 3.50. The molecule has 0 aromatic carbocycles. The van der Waals surface area contributed by atoms with Crippen LogP contribution in [0.3, 0.4) is 0 Å². The summed E-state index contributed by atoms with van der Waals surface area (Å²) < 4.78 is 1.90. The van der Waals surface area contributed by atoms with E-state index in [-0.39, 0.29) is 0 Å². The number of hydrogen-bond acceptors (Lipinski definition) is 1. The zero-order valence-corrected chi connectivity index (χ0v) is 8.49. The molecule has 2 nitrogen and oxygen atoms in total. The Morgan fingerprint density at radius 2 is 2.08 bits per heavy atom. The number of rotatable bonds is 1. The second-order valence-electron chi connectivity index (χ2n) is 2.55. The Morgan fingerprint density at radius 1 is 1.31 bits per heavy atom.